The van der Waals surface area contributed by atoms with Gasteiger partial charge in [-0.2, -0.15) is 0 Å². The molecule has 0 radical (unpaired) electrons. The highest BCUT2D eigenvalue weighted by atomic mass is 16.1. The first-order valence-electron chi connectivity index (χ1n) is 4.46. The van der Waals surface area contributed by atoms with E-state index in [1.807, 2.05) is 32.0 Å². The number of carbonyl (C=O) groups is 1. The predicted molar refractivity (Wildman–Crippen MR) is 53.9 cm³/mol. The van der Waals surface area contributed by atoms with E-state index in [2.05, 4.69) is 0 Å². The van der Waals surface area contributed by atoms with Gasteiger partial charge in [-0.05, 0) is 31.5 Å². The van der Waals surface area contributed by atoms with Gasteiger partial charge in [0.25, 0.3) is 0 Å². The lowest BCUT2D eigenvalue weighted by atomic mass is 9.98. The van der Waals surface area contributed by atoms with Crippen LogP contribution in [0.4, 0.5) is 0 Å². The molecule has 0 aromatic heterocycles. The van der Waals surface area contributed by atoms with Gasteiger partial charge >= 0.3 is 0 Å². The Morgan fingerprint density at radius 3 is 2.31 bits per heavy atom. The van der Waals surface area contributed by atoms with Gasteiger partial charge in [-0.25, -0.2) is 0 Å². The molecule has 0 spiro atoms. The van der Waals surface area contributed by atoms with E-state index in [9.17, 15) is 4.79 Å². The van der Waals surface area contributed by atoms with Crippen LogP contribution in [-0.4, -0.2) is 12.3 Å². The van der Waals surface area contributed by atoms with Crippen molar-refractivity contribution in [1.82, 2.24) is 0 Å². The highest BCUT2D eigenvalue weighted by Crippen LogP contribution is 2.14. The number of hydrogen-bond donors (Lipinski definition) is 1. The van der Waals surface area contributed by atoms with Gasteiger partial charge in [-0.15, -0.1) is 0 Å². The molecule has 2 nitrogen and oxygen atoms in total. The van der Waals surface area contributed by atoms with E-state index in [-0.39, 0.29) is 5.78 Å². The first kappa shape index (κ1) is 9.93. The maximum Gasteiger partial charge on any atom is 0.164 e. The summed E-state index contributed by atoms with van der Waals surface area (Å²) in [5, 5.41) is 0. The van der Waals surface area contributed by atoms with Crippen molar-refractivity contribution in [2.75, 3.05) is 6.54 Å². The maximum atomic E-state index is 11.6. The van der Waals surface area contributed by atoms with E-state index in [0.717, 1.165) is 16.7 Å². The number of hydrogen-bond acceptors (Lipinski definition) is 2. The minimum absolute atomic E-state index is 0.151. The zero-order chi connectivity index (χ0) is 9.84. The fraction of sp³-hybridized carbons (Fsp3) is 0.364. The van der Waals surface area contributed by atoms with Crippen LogP contribution in [0.15, 0.2) is 18.2 Å². The summed E-state index contributed by atoms with van der Waals surface area (Å²) in [4.78, 5) is 11.6. The fourth-order valence-electron chi connectivity index (χ4n) is 1.51. The number of Topliss-reactive ketones (excluding diaryl/α,β-unsaturated/α-hetero) is 1. The van der Waals surface area contributed by atoms with Crippen LogP contribution < -0.4 is 5.73 Å². The van der Waals surface area contributed by atoms with Crippen molar-refractivity contribution in [3.8, 4) is 0 Å². The average Bonchev–Trinajstić information content (AvgIpc) is 2.04. The second-order valence-electron chi connectivity index (χ2n) is 3.23. The maximum absolute atomic E-state index is 11.6. The Kier molecular flexibility index (Phi) is 3.20. The summed E-state index contributed by atoms with van der Waals surface area (Å²) in [5.41, 5.74) is 8.27. The Balaban J connectivity index is 3.05. The van der Waals surface area contributed by atoms with Crippen molar-refractivity contribution in [2.45, 2.75) is 20.3 Å². The van der Waals surface area contributed by atoms with Crippen LogP contribution >= 0.6 is 0 Å². The first-order valence-corrected chi connectivity index (χ1v) is 4.46. The van der Waals surface area contributed by atoms with Gasteiger partial charge in [-0.3, -0.25) is 4.79 Å². The molecule has 1 rings (SSSR count). The van der Waals surface area contributed by atoms with Crippen LogP contribution in [-0.2, 0) is 0 Å². The molecule has 0 aliphatic heterocycles. The fourth-order valence-corrected chi connectivity index (χ4v) is 1.51. The first-order chi connectivity index (χ1) is 6.16. The second kappa shape index (κ2) is 4.19. The lowest BCUT2D eigenvalue weighted by Gasteiger charge is -2.07. The minimum Gasteiger partial charge on any atom is -0.330 e. The van der Waals surface area contributed by atoms with Crippen molar-refractivity contribution >= 4 is 5.78 Å². The molecule has 2 N–H and O–H groups in total. The molecule has 0 heterocycles. The number of aryl methyl sites for hydroxylation is 2. The Labute approximate surface area is 78.8 Å². The molecule has 1 aromatic rings. The van der Waals surface area contributed by atoms with E-state index in [4.69, 9.17) is 5.73 Å². The summed E-state index contributed by atoms with van der Waals surface area (Å²) in [6.45, 7) is 4.33. The highest BCUT2D eigenvalue weighted by molar-refractivity contribution is 5.98. The molecule has 0 saturated carbocycles. The number of rotatable bonds is 3. The number of carbonyl (C=O) groups excluding carboxylic acids is 1. The SMILES string of the molecule is Cc1cccc(C)c1C(=O)CCN. The highest BCUT2D eigenvalue weighted by Gasteiger charge is 2.09. The number of nitrogens with two attached hydrogens (primary N) is 1. The van der Waals surface area contributed by atoms with Crippen molar-refractivity contribution in [2.24, 2.45) is 5.73 Å². The molecule has 0 aliphatic carbocycles. The van der Waals surface area contributed by atoms with Gasteiger partial charge in [-0.1, -0.05) is 18.2 Å². The lowest BCUT2D eigenvalue weighted by Crippen LogP contribution is -2.10. The number of ketones is 1. The van der Waals surface area contributed by atoms with Crippen LogP contribution in [0.5, 0.6) is 0 Å². The van der Waals surface area contributed by atoms with E-state index in [0.29, 0.717) is 13.0 Å². The second-order valence-corrected chi connectivity index (χ2v) is 3.23. The van der Waals surface area contributed by atoms with Crippen LogP contribution in [0.25, 0.3) is 0 Å². The molecule has 0 aliphatic rings. The zero-order valence-electron chi connectivity index (χ0n) is 8.13. The third kappa shape index (κ3) is 2.16. The third-order valence-corrected chi connectivity index (χ3v) is 2.13. The van der Waals surface area contributed by atoms with E-state index in [1.54, 1.807) is 0 Å². The molecule has 70 valence electrons. The third-order valence-electron chi connectivity index (χ3n) is 2.13. The summed E-state index contributed by atoms with van der Waals surface area (Å²) in [7, 11) is 0. The van der Waals surface area contributed by atoms with E-state index < -0.39 is 0 Å². The normalized spacial score (nSPS) is 10.1. The molecule has 0 unspecified atom stereocenters. The molecular weight excluding hydrogens is 162 g/mol. The van der Waals surface area contributed by atoms with Gasteiger partial charge in [0.15, 0.2) is 5.78 Å². The summed E-state index contributed by atoms with van der Waals surface area (Å²) < 4.78 is 0. The predicted octanol–water partition coefficient (Wildman–Crippen LogP) is 1.83. The van der Waals surface area contributed by atoms with E-state index in [1.165, 1.54) is 0 Å². The smallest absolute Gasteiger partial charge is 0.164 e. The molecule has 1 aromatic carbocycles. The molecule has 13 heavy (non-hydrogen) atoms. The average molecular weight is 177 g/mol. The monoisotopic (exact) mass is 177 g/mol. The van der Waals surface area contributed by atoms with Crippen LogP contribution in [0.2, 0.25) is 0 Å². The summed E-state index contributed by atoms with van der Waals surface area (Å²) in [5.74, 6) is 0.151. The quantitative estimate of drug-likeness (QED) is 0.716. The standard InChI is InChI=1S/C11H15NO/c1-8-4-3-5-9(2)11(8)10(13)6-7-12/h3-5H,6-7,12H2,1-2H3. The van der Waals surface area contributed by atoms with Crippen molar-refractivity contribution < 1.29 is 4.79 Å². The van der Waals surface area contributed by atoms with Crippen LogP contribution in [0.3, 0.4) is 0 Å². The van der Waals surface area contributed by atoms with Gasteiger partial charge in [0.1, 0.15) is 0 Å². The van der Waals surface area contributed by atoms with Gasteiger partial charge in [0, 0.05) is 12.0 Å². The summed E-state index contributed by atoms with van der Waals surface area (Å²) in [6.07, 6.45) is 0.436. The van der Waals surface area contributed by atoms with Gasteiger partial charge in [0.2, 0.25) is 0 Å². The van der Waals surface area contributed by atoms with Crippen molar-refractivity contribution in [3.05, 3.63) is 34.9 Å². The molecule has 0 bridgehead atoms. The Morgan fingerprint density at radius 2 is 1.85 bits per heavy atom. The van der Waals surface area contributed by atoms with E-state index >= 15 is 0 Å². The summed E-state index contributed by atoms with van der Waals surface area (Å²) >= 11 is 0. The van der Waals surface area contributed by atoms with Gasteiger partial charge < -0.3 is 5.73 Å². The molecular formula is C11H15NO. The Morgan fingerprint density at radius 1 is 1.31 bits per heavy atom. The zero-order valence-corrected chi connectivity index (χ0v) is 8.13. The molecule has 0 saturated heterocycles. The van der Waals surface area contributed by atoms with Crippen molar-refractivity contribution in [1.29, 1.82) is 0 Å². The molecule has 0 atom stereocenters. The Hall–Kier alpha value is -1.15. The molecule has 0 amide bonds. The Bertz CT molecular complexity index is 298. The summed E-state index contributed by atoms with van der Waals surface area (Å²) in [6, 6.07) is 5.87. The van der Waals surface area contributed by atoms with Crippen molar-refractivity contribution in [3.63, 3.8) is 0 Å². The molecule has 2 heteroatoms. The topological polar surface area (TPSA) is 43.1 Å². The molecule has 0 fully saturated rings. The number of benzene rings is 1. The minimum atomic E-state index is 0.151. The lowest BCUT2D eigenvalue weighted by molar-refractivity contribution is 0.0984. The van der Waals surface area contributed by atoms with Crippen LogP contribution in [0, 0.1) is 13.8 Å². The largest absolute Gasteiger partial charge is 0.330 e. The van der Waals surface area contributed by atoms with Gasteiger partial charge in [0.05, 0.1) is 0 Å². The van der Waals surface area contributed by atoms with Crippen LogP contribution in [0.1, 0.15) is 27.9 Å².